The number of fused-ring (bicyclic) bond motifs is 1. The van der Waals surface area contributed by atoms with E-state index in [1.807, 2.05) is 55.5 Å². The molecule has 108 valence electrons. The average Bonchev–Trinajstić information content (AvgIpc) is 2.91. The van der Waals surface area contributed by atoms with E-state index >= 15 is 0 Å². The Morgan fingerprint density at radius 1 is 1.29 bits per heavy atom. The summed E-state index contributed by atoms with van der Waals surface area (Å²) in [7, 11) is 0. The summed E-state index contributed by atoms with van der Waals surface area (Å²) in [5.41, 5.74) is 2.06. The van der Waals surface area contributed by atoms with Crippen molar-refractivity contribution in [2.75, 3.05) is 0 Å². The van der Waals surface area contributed by atoms with Gasteiger partial charge in [-0.05, 0) is 36.2 Å². The molecule has 4 heteroatoms. The molecule has 1 N–H and O–H groups in total. The molecule has 1 aliphatic rings. The van der Waals surface area contributed by atoms with Gasteiger partial charge in [0.25, 0.3) is 5.91 Å². The van der Waals surface area contributed by atoms with E-state index in [2.05, 4.69) is 5.32 Å². The number of carbonyl (C=O) groups excluding carboxylic acids is 1. The first-order valence-electron chi connectivity index (χ1n) is 6.94. The van der Waals surface area contributed by atoms with E-state index in [1.54, 1.807) is 0 Å². The van der Waals surface area contributed by atoms with Crippen LogP contribution < -0.4 is 10.1 Å². The fourth-order valence-corrected chi connectivity index (χ4v) is 2.69. The van der Waals surface area contributed by atoms with Crippen molar-refractivity contribution in [2.45, 2.75) is 25.5 Å². The zero-order chi connectivity index (χ0) is 14.8. The van der Waals surface area contributed by atoms with Gasteiger partial charge in [0.15, 0.2) is 6.10 Å². The molecule has 1 heterocycles. The van der Waals surface area contributed by atoms with E-state index in [0.29, 0.717) is 11.4 Å². The van der Waals surface area contributed by atoms with Crippen LogP contribution in [0.3, 0.4) is 0 Å². The monoisotopic (exact) mass is 301 g/mol. The highest BCUT2D eigenvalue weighted by molar-refractivity contribution is 6.30. The van der Waals surface area contributed by atoms with Gasteiger partial charge in [-0.15, -0.1) is 0 Å². The second-order valence-electron chi connectivity index (χ2n) is 5.20. The Balaban J connectivity index is 1.65. The molecule has 0 unspecified atom stereocenters. The molecule has 21 heavy (non-hydrogen) atoms. The molecule has 0 bridgehead atoms. The van der Waals surface area contributed by atoms with Crippen molar-refractivity contribution in [2.24, 2.45) is 0 Å². The normalized spacial score (nSPS) is 17.7. The second kappa shape index (κ2) is 5.78. The highest BCUT2D eigenvalue weighted by Gasteiger charge is 2.29. The van der Waals surface area contributed by atoms with Crippen LogP contribution in [0, 0.1) is 0 Å². The summed E-state index contributed by atoms with van der Waals surface area (Å²) in [5.74, 6) is 0.701. The van der Waals surface area contributed by atoms with E-state index in [1.165, 1.54) is 0 Å². The molecule has 0 aromatic heterocycles. The Kier molecular flexibility index (Phi) is 3.84. The molecular formula is C17H16ClNO2. The highest BCUT2D eigenvalue weighted by atomic mass is 35.5. The van der Waals surface area contributed by atoms with Gasteiger partial charge in [0, 0.05) is 11.4 Å². The first-order valence-corrected chi connectivity index (χ1v) is 7.31. The molecule has 3 nitrogen and oxygen atoms in total. The highest BCUT2D eigenvalue weighted by Crippen LogP contribution is 2.28. The van der Waals surface area contributed by atoms with E-state index in [9.17, 15) is 4.79 Å². The maximum Gasteiger partial charge on any atom is 0.261 e. The molecule has 0 saturated carbocycles. The lowest BCUT2D eigenvalue weighted by Crippen LogP contribution is -2.38. The Hall–Kier alpha value is -2.00. The van der Waals surface area contributed by atoms with E-state index in [4.69, 9.17) is 16.3 Å². The van der Waals surface area contributed by atoms with Gasteiger partial charge < -0.3 is 10.1 Å². The average molecular weight is 302 g/mol. The summed E-state index contributed by atoms with van der Waals surface area (Å²) in [6.07, 6.45) is 0.161. The van der Waals surface area contributed by atoms with Crippen molar-refractivity contribution < 1.29 is 9.53 Å². The standard InChI is InChI=1S/C17H16ClNO2/c1-11(12-6-4-7-14(18)9-12)19-17(20)16-10-13-5-2-3-8-15(13)21-16/h2-9,11,16H,10H2,1H3,(H,19,20)/t11-,16+/m1/s1. The number of carbonyl (C=O) groups is 1. The van der Waals surface area contributed by atoms with E-state index < -0.39 is 6.10 Å². The maximum absolute atomic E-state index is 12.3. The van der Waals surface area contributed by atoms with Crippen molar-refractivity contribution in [3.05, 3.63) is 64.7 Å². The van der Waals surface area contributed by atoms with E-state index in [-0.39, 0.29) is 11.9 Å². The largest absolute Gasteiger partial charge is 0.480 e. The number of amides is 1. The molecule has 0 saturated heterocycles. The molecule has 1 aliphatic heterocycles. The van der Waals surface area contributed by atoms with Gasteiger partial charge in [-0.3, -0.25) is 4.79 Å². The Morgan fingerprint density at radius 2 is 2.10 bits per heavy atom. The van der Waals surface area contributed by atoms with Crippen molar-refractivity contribution in [1.82, 2.24) is 5.32 Å². The number of ether oxygens (including phenoxy) is 1. The fourth-order valence-electron chi connectivity index (χ4n) is 2.49. The van der Waals surface area contributed by atoms with Crippen molar-refractivity contribution in [1.29, 1.82) is 0 Å². The lowest BCUT2D eigenvalue weighted by atomic mass is 10.1. The molecule has 2 aromatic carbocycles. The molecule has 0 spiro atoms. The quantitative estimate of drug-likeness (QED) is 0.942. The summed E-state index contributed by atoms with van der Waals surface area (Å²) >= 11 is 5.98. The molecule has 2 atom stereocenters. The minimum atomic E-state index is -0.455. The van der Waals surface area contributed by atoms with Crippen LogP contribution in [0.1, 0.15) is 24.1 Å². The minimum absolute atomic E-state index is 0.0984. The molecule has 0 fully saturated rings. The number of hydrogen-bond donors (Lipinski definition) is 1. The minimum Gasteiger partial charge on any atom is -0.480 e. The van der Waals surface area contributed by atoms with Crippen LogP contribution in [-0.2, 0) is 11.2 Å². The molecule has 3 rings (SSSR count). The van der Waals surface area contributed by atoms with Crippen molar-refractivity contribution in [3.8, 4) is 5.75 Å². The van der Waals surface area contributed by atoms with Gasteiger partial charge in [-0.2, -0.15) is 0 Å². The predicted octanol–water partition coefficient (Wildman–Crippen LogP) is 3.52. The lowest BCUT2D eigenvalue weighted by Gasteiger charge is -2.17. The summed E-state index contributed by atoms with van der Waals surface area (Å²) in [4.78, 5) is 12.3. The van der Waals surface area contributed by atoms with Crippen molar-refractivity contribution >= 4 is 17.5 Å². The number of benzene rings is 2. The predicted molar refractivity (Wildman–Crippen MR) is 82.6 cm³/mol. The smallest absolute Gasteiger partial charge is 0.261 e. The van der Waals surface area contributed by atoms with Crippen LogP contribution in [-0.4, -0.2) is 12.0 Å². The van der Waals surface area contributed by atoms with Crippen LogP contribution in [0.4, 0.5) is 0 Å². The molecule has 1 amide bonds. The first-order chi connectivity index (χ1) is 10.1. The van der Waals surface area contributed by atoms with Crippen LogP contribution in [0.5, 0.6) is 5.75 Å². The van der Waals surface area contributed by atoms with Crippen LogP contribution in [0.15, 0.2) is 48.5 Å². The zero-order valence-corrected chi connectivity index (χ0v) is 12.4. The van der Waals surface area contributed by atoms with Gasteiger partial charge in [-0.1, -0.05) is 41.9 Å². The number of nitrogens with one attached hydrogen (secondary N) is 1. The molecule has 0 aliphatic carbocycles. The van der Waals surface area contributed by atoms with E-state index in [0.717, 1.165) is 16.9 Å². The number of halogens is 1. The van der Waals surface area contributed by atoms with Gasteiger partial charge >= 0.3 is 0 Å². The number of rotatable bonds is 3. The Bertz CT molecular complexity index is 646. The number of hydrogen-bond acceptors (Lipinski definition) is 2. The summed E-state index contributed by atoms with van der Waals surface area (Å²) in [6.45, 7) is 1.94. The second-order valence-corrected chi connectivity index (χ2v) is 5.64. The summed E-state index contributed by atoms with van der Waals surface area (Å²) in [5, 5.41) is 3.64. The third kappa shape index (κ3) is 3.03. The van der Waals surface area contributed by atoms with Gasteiger partial charge in [0.2, 0.25) is 0 Å². The van der Waals surface area contributed by atoms with Crippen LogP contribution in [0.25, 0.3) is 0 Å². The number of para-hydroxylation sites is 1. The lowest BCUT2D eigenvalue weighted by molar-refractivity contribution is -0.127. The maximum atomic E-state index is 12.3. The third-order valence-electron chi connectivity index (χ3n) is 3.65. The fraction of sp³-hybridized carbons (Fsp3) is 0.235. The van der Waals surface area contributed by atoms with Gasteiger partial charge in [0.05, 0.1) is 6.04 Å². The SMILES string of the molecule is C[C@@H](NC(=O)[C@@H]1Cc2ccccc2O1)c1cccc(Cl)c1. The summed E-state index contributed by atoms with van der Waals surface area (Å²) in [6, 6.07) is 15.1. The topological polar surface area (TPSA) is 38.3 Å². The van der Waals surface area contributed by atoms with Crippen molar-refractivity contribution in [3.63, 3.8) is 0 Å². The zero-order valence-electron chi connectivity index (χ0n) is 11.7. The molecule has 2 aromatic rings. The third-order valence-corrected chi connectivity index (χ3v) is 3.88. The van der Waals surface area contributed by atoms with Gasteiger partial charge in [0.1, 0.15) is 5.75 Å². The molecule has 0 radical (unpaired) electrons. The Morgan fingerprint density at radius 3 is 2.86 bits per heavy atom. The molecular weight excluding hydrogens is 286 g/mol. The van der Waals surface area contributed by atoms with Crippen LogP contribution in [0.2, 0.25) is 5.02 Å². The Labute approximate surface area is 128 Å². The van der Waals surface area contributed by atoms with Crippen LogP contribution >= 0.6 is 11.6 Å². The first kappa shape index (κ1) is 14.0. The van der Waals surface area contributed by atoms with Gasteiger partial charge in [-0.25, -0.2) is 0 Å². The summed E-state index contributed by atoms with van der Waals surface area (Å²) < 4.78 is 5.69.